The fourth-order valence-electron chi connectivity index (χ4n) is 2.68. The van der Waals surface area contributed by atoms with Gasteiger partial charge in [0.05, 0.1) is 0 Å². The van der Waals surface area contributed by atoms with E-state index < -0.39 is 0 Å². The maximum atomic E-state index is 13.1. The van der Waals surface area contributed by atoms with Gasteiger partial charge in [0.15, 0.2) is 0 Å². The van der Waals surface area contributed by atoms with Crippen molar-refractivity contribution in [1.29, 1.82) is 0 Å². The van der Waals surface area contributed by atoms with Crippen LogP contribution in [-0.2, 0) is 6.42 Å². The molecule has 4 heteroatoms. The van der Waals surface area contributed by atoms with Crippen LogP contribution in [0.2, 0.25) is 0 Å². The number of anilines is 2. The van der Waals surface area contributed by atoms with Crippen molar-refractivity contribution in [2.24, 2.45) is 0 Å². The Bertz CT molecular complexity index is 697. The highest BCUT2D eigenvalue weighted by Gasteiger charge is 2.27. The molecule has 20 heavy (non-hydrogen) atoms. The summed E-state index contributed by atoms with van der Waals surface area (Å²) in [6.45, 7) is 2.35. The lowest BCUT2D eigenvalue weighted by Gasteiger charge is -2.18. The van der Waals surface area contributed by atoms with Crippen molar-refractivity contribution in [3.05, 3.63) is 58.9 Å². The Morgan fingerprint density at radius 2 is 2.10 bits per heavy atom. The fourth-order valence-corrected chi connectivity index (χ4v) is 2.68. The number of nitrogens with two attached hydrogens (primary N) is 1. The maximum absolute atomic E-state index is 13.1. The third-order valence-electron chi connectivity index (χ3n) is 3.73. The molecule has 2 aromatic rings. The summed E-state index contributed by atoms with van der Waals surface area (Å²) in [5.74, 6) is -0.433. The van der Waals surface area contributed by atoms with Gasteiger partial charge in [-0.3, -0.25) is 4.79 Å². The highest BCUT2D eigenvalue weighted by molar-refractivity contribution is 6.08. The van der Waals surface area contributed by atoms with Crippen molar-refractivity contribution in [2.45, 2.75) is 13.3 Å². The molecule has 0 radical (unpaired) electrons. The standard InChI is InChI=1S/C16H15FN2O/c1-10-9-11(17)5-6-12(10)16(20)19-8-7-13-14(18)3-2-4-15(13)19/h2-6,9H,7-8,18H2,1H3. The molecule has 0 saturated carbocycles. The molecular weight excluding hydrogens is 255 g/mol. The second kappa shape index (κ2) is 4.63. The fraction of sp³-hybridized carbons (Fsp3) is 0.188. The molecule has 0 atom stereocenters. The van der Waals surface area contributed by atoms with Crippen LogP contribution in [0.15, 0.2) is 36.4 Å². The number of fused-ring (bicyclic) bond motifs is 1. The van der Waals surface area contributed by atoms with E-state index in [9.17, 15) is 9.18 Å². The Morgan fingerprint density at radius 3 is 2.85 bits per heavy atom. The van der Waals surface area contributed by atoms with E-state index in [1.807, 2.05) is 18.2 Å². The van der Waals surface area contributed by atoms with Crippen LogP contribution in [0.5, 0.6) is 0 Å². The molecule has 1 aliphatic rings. The van der Waals surface area contributed by atoms with Crippen LogP contribution in [0, 0.1) is 12.7 Å². The molecule has 2 aromatic carbocycles. The highest BCUT2D eigenvalue weighted by Crippen LogP contribution is 2.33. The van der Waals surface area contributed by atoms with E-state index in [0.717, 1.165) is 17.7 Å². The van der Waals surface area contributed by atoms with Gasteiger partial charge in [-0.15, -0.1) is 0 Å². The summed E-state index contributed by atoms with van der Waals surface area (Å²) in [6.07, 6.45) is 0.758. The van der Waals surface area contributed by atoms with E-state index in [4.69, 9.17) is 5.73 Å². The minimum absolute atomic E-state index is 0.105. The maximum Gasteiger partial charge on any atom is 0.258 e. The summed E-state index contributed by atoms with van der Waals surface area (Å²) in [5.41, 5.74) is 9.70. The third kappa shape index (κ3) is 1.93. The molecule has 3 nitrogen and oxygen atoms in total. The van der Waals surface area contributed by atoms with E-state index >= 15 is 0 Å². The van der Waals surface area contributed by atoms with E-state index in [1.54, 1.807) is 11.8 Å². The van der Waals surface area contributed by atoms with Crippen LogP contribution in [0.4, 0.5) is 15.8 Å². The largest absolute Gasteiger partial charge is 0.398 e. The number of hydrogen-bond donors (Lipinski definition) is 1. The minimum Gasteiger partial charge on any atom is -0.398 e. The van der Waals surface area contributed by atoms with E-state index in [1.165, 1.54) is 18.2 Å². The Kier molecular flexibility index (Phi) is 2.93. The smallest absolute Gasteiger partial charge is 0.258 e. The predicted molar refractivity (Wildman–Crippen MR) is 77.4 cm³/mol. The zero-order chi connectivity index (χ0) is 14.3. The number of carbonyl (C=O) groups excluding carboxylic acids is 1. The number of carbonyl (C=O) groups is 1. The second-order valence-corrected chi connectivity index (χ2v) is 5.01. The normalized spacial score (nSPS) is 13.4. The van der Waals surface area contributed by atoms with Gasteiger partial charge >= 0.3 is 0 Å². The van der Waals surface area contributed by atoms with Gasteiger partial charge in [-0.05, 0) is 49.2 Å². The third-order valence-corrected chi connectivity index (χ3v) is 3.73. The molecule has 0 aliphatic carbocycles. The lowest BCUT2D eigenvalue weighted by Crippen LogP contribution is -2.29. The molecule has 0 fully saturated rings. The van der Waals surface area contributed by atoms with Crippen LogP contribution in [0.25, 0.3) is 0 Å². The first kappa shape index (κ1) is 12.7. The average Bonchev–Trinajstić information content (AvgIpc) is 2.83. The van der Waals surface area contributed by atoms with Gasteiger partial charge in [0.2, 0.25) is 0 Å². The average molecular weight is 270 g/mol. The molecule has 0 saturated heterocycles. The second-order valence-electron chi connectivity index (χ2n) is 5.01. The molecule has 2 N–H and O–H groups in total. The van der Waals surface area contributed by atoms with Crippen LogP contribution < -0.4 is 10.6 Å². The molecule has 1 amide bonds. The molecule has 1 aliphatic heterocycles. The van der Waals surface area contributed by atoms with Crippen LogP contribution in [-0.4, -0.2) is 12.5 Å². The van der Waals surface area contributed by atoms with Gasteiger partial charge in [-0.1, -0.05) is 6.07 Å². The number of hydrogen-bond acceptors (Lipinski definition) is 2. The molecule has 0 spiro atoms. The summed E-state index contributed by atoms with van der Waals surface area (Å²) < 4.78 is 13.1. The van der Waals surface area contributed by atoms with Crippen molar-refractivity contribution in [3.8, 4) is 0 Å². The predicted octanol–water partition coefficient (Wildman–Crippen LogP) is 2.92. The summed E-state index contributed by atoms with van der Waals surface area (Å²) in [7, 11) is 0. The van der Waals surface area contributed by atoms with Crippen LogP contribution in [0.1, 0.15) is 21.5 Å². The van der Waals surface area contributed by atoms with Crippen molar-refractivity contribution < 1.29 is 9.18 Å². The zero-order valence-corrected chi connectivity index (χ0v) is 11.2. The van der Waals surface area contributed by atoms with E-state index in [2.05, 4.69) is 0 Å². The van der Waals surface area contributed by atoms with Crippen molar-refractivity contribution in [1.82, 2.24) is 0 Å². The monoisotopic (exact) mass is 270 g/mol. The van der Waals surface area contributed by atoms with Crippen LogP contribution >= 0.6 is 0 Å². The summed E-state index contributed by atoms with van der Waals surface area (Å²) in [5, 5.41) is 0. The first-order valence-electron chi connectivity index (χ1n) is 6.53. The van der Waals surface area contributed by atoms with E-state index in [-0.39, 0.29) is 11.7 Å². The first-order chi connectivity index (χ1) is 9.58. The number of nitrogens with zero attached hydrogens (tertiary/aromatic N) is 1. The summed E-state index contributed by atoms with van der Waals surface area (Å²) in [6, 6.07) is 9.82. The van der Waals surface area contributed by atoms with Gasteiger partial charge in [0.1, 0.15) is 5.82 Å². The van der Waals surface area contributed by atoms with Gasteiger partial charge in [-0.2, -0.15) is 0 Å². The summed E-state index contributed by atoms with van der Waals surface area (Å²) in [4.78, 5) is 14.3. The molecule has 1 heterocycles. The molecule has 0 aromatic heterocycles. The first-order valence-corrected chi connectivity index (χ1v) is 6.53. The lowest BCUT2D eigenvalue weighted by molar-refractivity contribution is 0.0989. The van der Waals surface area contributed by atoms with Gasteiger partial charge < -0.3 is 10.6 Å². The van der Waals surface area contributed by atoms with E-state index in [0.29, 0.717) is 23.4 Å². The number of halogens is 1. The Hall–Kier alpha value is -2.36. The number of nitrogen functional groups attached to an aromatic ring is 1. The molecule has 3 rings (SSSR count). The number of benzene rings is 2. The molecule has 0 bridgehead atoms. The van der Waals surface area contributed by atoms with Crippen LogP contribution in [0.3, 0.4) is 0 Å². The van der Waals surface area contributed by atoms with Crippen molar-refractivity contribution >= 4 is 17.3 Å². The van der Waals surface area contributed by atoms with Crippen molar-refractivity contribution in [3.63, 3.8) is 0 Å². The molecule has 0 unspecified atom stereocenters. The topological polar surface area (TPSA) is 46.3 Å². The Balaban J connectivity index is 2.00. The quantitative estimate of drug-likeness (QED) is 0.810. The van der Waals surface area contributed by atoms with Gasteiger partial charge in [-0.25, -0.2) is 4.39 Å². The molecule has 102 valence electrons. The van der Waals surface area contributed by atoms with Gasteiger partial charge in [0.25, 0.3) is 5.91 Å². The van der Waals surface area contributed by atoms with Gasteiger partial charge in [0, 0.05) is 29.0 Å². The minimum atomic E-state index is -0.329. The zero-order valence-electron chi connectivity index (χ0n) is 11.2. The number of aryl methyl sites for hydroxylation is 1. The molecular formula is C16H15FN2O. The number of rotatable bonds is 1. The summed E-state index contributed by atoms with van der Waals surface area (Å²) >= 11 is 0. The van der Waals surface area contributed by atoms with Crippen molar-refractivity contribution in [2.75, 3.05) is 17.2 Å². The SMILES string of the molecule is Cc1cc(F)ccc1C(=O)N1CCc2c(N)cccc21. The number of amides is 1. The Morgan fingerprint density at radius 1 is 1.30 bits per heavy atom. The Labute approximate surface area is 116 Å². The lowest BCUT2D eigenvalue weighted by atomic mass is 10.1. The highest BCUT2D eigenvalue weighted by atomic mass is 19.1.